The van der Waals surface area contributed by atoms with Gasteiger partial charge in [0.15, 0.2) is 0 Å². The Morgan fingerprint density at radius 1 is 0.462 bits per heavy atom. The highest BCUT2D eigenvalue weighted by Gasteiger charge is 2.56. The minimum absolute atomic E-state index is 0.0209. The third-order valence-corrected chi connectivity index (χ3v) is 5.98. The van der Waals surface area contributed by atoms with Gasteiger partial charge in [0.2, 0.25) is 0 Å². The Balaban J connectivity index is 7.40. The number of carbonyl (C=O) groups excluding carboxylic acids is 6. The molecule has 0 aromatic rings. The van der Waals surface area contributed by atoms with Gasteiger partial charge >= 0.3 is 35.8 Å². The van der Waals surface area contributed by atoms with Crippen LogP contribution in [0.5, 0.6) is 0 Å². The van der Waals surface area contributed by atoms with E-state index in [0.717, 1.165) is 7.11 Å². The van der Waals surface area contributed by atoms with E-state index in [-0.39, 0.29) is 39.0 Å². The molecule has 12 heteroatoms. The van der Waals surface area contributed by atoms with Gasteiger partial charge in [0, 0.05) is 0 Å². The van der Waals surface area contributed by atoms with E-state index < -0.39 is 71.3 Å². The zero-order valence-corrected chi connectivity index (χ0v) is 24.5. The van der Waals surface area contributed by atoms with Gasteiger partial charge in [0.05, 0.1) is 75.7 Å². The molecule has 12 nitrogen and oxygen atoms in total. The molecule has 0 aromatic heterocycles. The molecule has 224 valence electrons. The van der Waals surface area contributed by atoms with E-state index in [1.54, 1.807) is 27.7 Å². The lowest BCUT2D eigenvalue weighted by molar-refractivity contribution is -0.182. The zero-order chi connectivity index (χ0) is 30.3. The third-order valence-electron chi connectivity index (χ3n) is 5.98. The maximum absolute atomic E-state index is 13.7. The first-order valence-electron chi connectivity index (χ1n) is 13.2. The van der Waals surface area contributed by atoms with Crippen LogP contribution in [0.3, 0.4) is 0 Å². The minimum Gasteiger partial charge on any atom is -0.469 e. The van der Waals surface area contributed by atoms with Gasteiger partial charge in [-0.15, -0.1) is 0 Å². The maximum Gasteiger partial charge on any atom is 0.310 e. The summed E-state index contributed by atoms with van der Waals surface area (Å²) in [4.78, 5) is 79.3. The summed E-state index contributed by atoms with van der Waals surface area (Å²) in [5.41, 5.74) is 0. The summed E-state index contributed by atoms with van der Waals surface area (Å²) < 4.78 is 31.0. The smallest absolute Gasteiger partial charge is 0.310 e. The molecule has 0 saturated heterocycles. The second-order valence-corrected chi connectivity index (χ2v) is 9.24. The van der Waals surface area contributed by atoms with Crippen LogP contribution in [0.4, 0.5) is 0 Å². The van der Waals surface area contributed by atoms with Crippen LogP contribution in [0.2, 0.25) is 0 Å². The van der Waals surface area contributed by atoms with Crippen molar-refractivity contribution < 1.29 is 57.2 Å². The van der Waals surface area contributed by atoms with E-state index >= 15 is 0 Å². The van der Waals surface area contributed by atoms with E-state index in [4.69, 9.17) is 28.4 Å². The number of carbonyl (C=O) groups is 6. The minimum atomic E-state index is -1.79. The fourth-order valence-corrected chi connectivity index (χ4v) is 4.16. The summed E-state index contributed by atoms with van der Waals surface area (Å²) >= 11 is 0. The van der Waals surface area contributed by atoms with Gasteiger partial charge < -0.3 is 28.4 Å². The predicted octanol–water partition coefficient (Wildman–Crippen LogP) is 2.35. The van der Waals surface area contributed by atoms with Crippen molar-refractivity contribution >= 4 is 35.8 Å². The molecule has 0 aliphatic heterocycles. The van der Waals surface area contributed by atoms with Crippen LogP contribution in [0.1, 0.15) is 55.4 Å². The molecule has 0 aromatic carbocycles. The van der Waals surface area contributed by atoms with Crippen LogP contribution < -0.4 is 0 Å². The van der Waals surface area contributed by atoms with Crippen LogP contribution in [0.25, 0.3) is 0 Å². The van der Waals surface area contributed by atoms with Gasteiger partial charge in [-0.1, -0.05) is 27.7 Å². The number of hydrogen-bond acceptors (Lipinski definition) is 12. The average Bonchev–Trinajstić information content (AvgIpc) is 2.88. The summed E-state index contributed by atoms with van der Waals surface area (Å²) in [6.07, 6.45) is 0. The molecule has 6 unspecified atom stereocenters. The molecule has 0 spiro atoms. The van der Waals surface area contributed by atoms with Crippen molar-refractivity contribution in [2.45, 2.75) is 55.4 Å². The Bertz CT molecular complexity index is 837. The molecule has 0 aliphatic rings. The fraction of sp³-hybridized carbons (Fsp3) is 0.778. The molecule has 0 fully saturated rings. The molecule has 0 N–H and O–H groups in total. The van der Waals surface area contributed by atoms with Crippen LogP contribution in [0.15, 0.2) is 0 Å². The summed E-state index contributed by atoms with van der Waals surface area (Å²) in [6, 6.07) is 0. The highest BCUT2D eigenvalue weighted by Crippen LogP contribution is 2.39. The highest BCUT2D eigenvalue weighted by molar-refractivity contribution is 5.94. The normalized spacial score (nSPS) is 15.5. The molecule has 0 aliphatic carbocycles. The monoisotopic (exact) mass is 560 g/mol. The van der Waals surface area contributed by atoms with Crippen LogP contribution in [0, 0.1) is 41.4 Å². The van der Waals surface area contributed by atoms with E-state index in [2.05, 4.69) is 0 Å². The van der Waals surface area contributed by atoms with Crippen molar-refractivity contribution in [1.82, 2.24) is 0 Å². The van der Waals surface area contributed by atoms with Gasteiger partial charge in [0.1, 0.15) is 0 Å². The molecule has 0 amide bonds. The lowest BCUT2D eigenvalue weighted by atomic mass is 9.67. The topological polar surface area (TPSA) is 158 Å². The van der Waals surface area contributed by atoms with E-state index in [1.807, 2.05) is 0 Å². The highest BCUT2D eigenvalue weighted by atomic mass is 16.6. The maximum atomic E-state index is 13.7. The SMILES string of the molecule is CCOC(=O)C(C)C(C(=O)OCC)C(C(=O)OC)C(C(=O)OCC(C)C)C(C(=O)OCC)C(C)C(=O)OCC. The molecule has 6 atom stereocenters. The number of ether oxygens (including phenoxy) is 6. The van der Waals surface area contributed by atoms with Gasteiger partial charge in [-0.25, -0.2) is 0 Å². The lowest BCUT2D eigenvalue weighted by Gasteiger charge is -2.36. The molecule has 0 heterocycles. The van der Waals surface area contributed by atoms with E-state index in [9.17, 15) is 28.8 Å². The molecule has 39 heavy (non-hydrogen) atoms. The Morgan fingerprint density at radius 3 is 1.08 bits per heavy atom. The second-order valence-electron chi connectivity index (χ2n) is 9.24. The number of esters is 6. The van der Waals surface area contributed by atoms with Crippen LogP contribution in [-0.4, -0.2) is 76.0 Å². The Morgan fingerprint density at radius 2 is 0.769 bits per heavy atom. The third kappa shape index (κ3) is 10.5. The number of hydrogen-bond donors (Lipinski definition) is 0. The molecule has 0 radical (unpaired) electrons. The quantitative estimate of drug-likeness (QED) is 0.189. The van der Waals surface area contributed by atoms with Crippen molar-refractivity contribution in [1.29, 1.82) is 0 Å². The van der Waals surface area contributed by atoms with Crippen molar-refractivity contribution in [3.63, 3.8) is 0 Å². The average molecular weight is 561 g/mol. The van der Waals surface area contributed by atoms with E-state index in [0.29, 0.717) is 0 Å². The number of methoxy groups -OCH3 is 1. The largest absolute Gasteiger partial charge is 0.469 e. The standard InChI is InChI=1S/C27H44O12/c1-10-35-22(28)16(7)18(25(31)37-12-3)20(24(30)34-9)21(27(33)39-14-15(5)6)19(26(32)38-13-4)17(8)23(29)36-11-2/h15-21H,10-14H2,1-9H3. The zero-order valence-electron chi connectivity index (χ0n) is 24.5. The summed E-state index contributed by atoms with van der Waals surface area (Å²) in [7, 11) is 1.03. The van der Waals surface area contributed by atoms with Gasteiger partial charge in [0.25, 0.3) is 0 Å². The predicted molar refractivity (Wildman–Crippen MR) is 137 cm³/mol. The first-order valence-corrected chi connectivity index (χ1v) is 13.2. The summed E-state index contributed by atoms with van der Waals surface area (Å²) in [6.45, 7) is 12.0. The van der Waals surface area contributed by atoms with E-state index in [1.165, 1.54) is 27.7 Å². The van der Waals surface area contributed by atoms with Gasteiger partial charge in [-0.2, -0.15) is 0 Å². The van der Waals surface area contributed by atoms with Gasteiger partial charge in [-0.05, 0) is 33.6 Å². The van der Waals surface area contributed by atoms with Crippen LogP contribution in [-0.2, 0) is 57.2 Å². The molecular weight excluding hydrogens is 516 g/mol. The van der Waals surface area contributed by atoms with Gasteiger partial charge in [-0.3, -0.25) is 28.8 Å². The Kier molecular flexibility index (Phi) is 16.7. The lowest BCUT2D eigenvalue weighted by Crippen LogP contribution is -2.51. The Hall–Kier alpha value is -3.18. The number of rotatable bonds is 17. The fourth-order valence-electron chi connectivity index (χ4n) is 4.16. The van der Waals surface area contributed by atoms with Crippen molar-refractivity contribution in [2.24, 2.45) is 41.4 Å². The van der Waals surface area contributed by atoms with Crippen LogP contribution >= 0.6 is 0 Å². The Labute approximate surface area is 230 Å². The molecule has 0 rings (SSSR count). The first-order chi connectivity index (χ1) is 18.3. The van der Waals surface area contributed by atoms with Crippen molar-refractivity contribution in [3.05, 3.63) is 0 Å². The summed E-state index contributed by atoms with van der Waals surface area (Å²) in [5, 5.41) is 0. The first kappa shape index (κ1) is 35.8. The van der Waals surface area contributed by atoms with Crippen molar-refractivity contribution in [3.8, 4) is 0 Å². The molecule has 0 bridgehead atoms. The summed E-state index contributed by atoms with van der Waals surface area (Å²) in [5.74, 6) is -15.4. The molecule has 0 saturated carbocycles. The van der Waals surface area contributed by atoms with Crippen molar-refractivity contribution in [2.75, 3.05) is 40.1 Å². The molecular formula is C27H44O12. The second kappa shape index (κ2) is 18.2.